The molecule has 3 heteroatoms. The molecular weight excluding hydrogens is 224 g/mol. The standard InChI is InChI=1S/C15H24N2O/c1-12-3-6-14(7-4-12)16-9-10-18-15-8-5-13(2)17-11-15/h5,8,11-12,14,16H,3-4,6-7,9-10H2,1-2H3. The second-order valence-electron chi connectivity index (χ2n) is 5.39. The van der Waals surface area contributed by atoms with Gasteiger partial charge in [0.25, 0.3) is 0 Å². The molecule has 3 nitrogen and oxygen atoms in total. The Labute approximate surface area is 110 Å². The first-order valence-corrected chi connectivity index (χ1v) is 7.03. The average molecular weight is 248 g/mol. The molecule has 100 valence electrons. The summed E-state index contributed by atoms with van der Waals surface area (Å²) in [6.07, 6.45) is 7.14. The highest BCUT2D eigenvalue weighted by Crippen LogP contribution is 2.23. The Hall–Kier alpha value is -1.09. The zero-order chi connectivity index (χ0) is 12.8. The second-order valence-corrected chi connectivity index (χ2v) is 5.39. The molecule has 1 saturated carbocycles. The van der Waals surface area contributed by atoms with Crippen LogP contribution in [-0.2, 0) is 0 Å². The van der Waals surface area contributed by atoms with Crippen molar-refractivity contribution in [2.75, 3.05) is 13.2 Å². The molecule has 0 bridgehead atoms. The normalized spacial score (nSPS) is 23.9. The molecule has 0 amide bonds. The molecule has 0 aromatic carbocycles. The van der Waals surface area contributed by atoms with Crippen molar-refractivity contribution in [3.8, 4) is 5.75 Å². The van der Waals surface area contributed by atoms with Gasteiger partial charge in [-0.05, 0) is 50.7 Å². The lowest BCUT2D eigenvalue weighted by Crippen LogP contribution is -2.35. The maximum absolute atomic E-state index is 5.65. The first-order valence-electron chi connectivity index (χ1n) is 7.03. The molecule has 1 N–H and O–H groups in total. The van der Waals surface area contributed by atoms with Crippen LogP contribution in [0.4, 0.5) is 0 Å². The number of aromatic nitrogens is 1. The van der Waals surface area contributed by atoms with Crippen LogP contribution in [0.25, 0.3) is 0 Å². The molecule has 1 aromatic rings. The third-order valence-corrected chi connectivity index (χ3v) is 3.70. The molecule has 1 aliphatic rings. The lowest BCUT2D eigenvalue weighted by Gasteiger charge is -2.26. The molecule has 2 rings (SSSR count). The van der Waals surface area contributed by atoms with Gasteiger partial charge in [-0.25, -0.2) is 0 Å². The largest absolute Gasteiger partial charge is 0.491 e. The van der Waals surface area contributed by atoms with Gasteiger partial charge in [0, 0.05) is 18.3 Å². The maximum Gasteiger partial charge on any atom is 0.137 e. The van der Waals surface area contributed by atoms with Gasteiger partial charge in [-0.2, -0.15) is 0 Å². The second kappa shape index (κ2) is 6.74. The Balaban J connectivity index is 1.60. The summed E-state index contributed by atoms with van der Waals surface area (Å²) in [6.45, 7) is 5.98. The number of nitrogens with zero attached hydrogens (tertiary/aromatic N) is 1. The summed E-state index contributed by atoms with van der Waals surface area (Å²) in [5.74, 6) is 1.78. The van der Waals surface area contributed by atoms with Gasteiger partial charge in [0.2, 0.25) is 0 Å². The van der Waals surface area contributed by atoms with Gasteiger partial charge in [-0.15, -0.1) is 0 Å². The summed E-state index contributed by atoms with van der Waals surface area (Å²) in [5.41, 5.74) is 1.02. The Morgan fingerprint density at radius 2 is 2.06 bits per heavy atom. The highest BCUT2D eigenvalue weighted by molar-refractivity contribution is 5.18. The van der Waals surface area contributed by atoms with E-state index < -0.39 is 0 Å². The summed E-state index contributed by atoms with van der Waals surface area (Å²) in [7, 11) is 0. The zero-order valence-corrected chi connectivity index (χ0v) is 11.5. The van der Waals surface area contributed by atoms with E-state index in [1.807, 2.05) is 19.1 Å². The molecular formula is C15H24N2O. The molecule has 1 heterocycles. The van der Waals surface area contributed by atoms with Crippen molar-refractivity contribution in [1.29, 1.82) is 0 Å². The summed E-state index contributed by atoms with van der Waals surface area (Å²) in [4.78, 5) is 4.21. The van der Waals surface area contributed by atoms with Gasteiger partial charge in [0.15, 0.2) is 0 Å². The topological polar surface area (TPSA) is 34.1 Å². The minimum Gasteiger partial charge on any atom is -0.491 e. The number of hydrogen-bond acceptors (Lipinski definition) is 3. The van der Waals surface area contributed by atoms with Crippen LogP contribution < -0.4 is 10.1 Å². The van der Waals surface area contributed by atoms with Crippen molar-refractivity contribution < 1.29 is 4.74 Å². The molecule has 18 heavy (non-hydrogen) atoms. The average Bonchev–Trinajstić information content (AvgIpc) is 2.39. The highest BCUT2D eigenvalue weighted by atomic mass is 16.5. The number of rotatable bonds is 5. The zero-order valence-electron chi connectivity index (χ0n) is 11.5. The smallest absolute Gasteiger partial charge is 0.137 e. The van der Waals surface area contributed by atoms with E-state index in [2.05, 4.69) is 17.2 Å². The molecule has 0 atom stereocenters. The van der Waals surface area contributed by atoms with Crippen molar-refractivity contribution in [3.63, 3.8) is 0 Å². The van der Waals surface area contributed by atoms with Crippen LogP contribution in [0, 0.1) is 12.8 Å². The van der Waals surface area contributed by atoms with E-state index in [0.717, 1.165) is 30.5 Å². The Bertz CT molecular complexity index is 342. The number of ether oxygens (including phenoxy) is 1. The first-order chi connectivity index (χ1) is 8.74. The monoisotopic (exact) mass is 248 g/mol. The SMILES string of the molecule is Cc1ccc(OCCNC2CCC(C)CC2)cn1. The fraction of sp³-hybridized carbons (Fsp3) is 0.667. The molecule has 0 aliphatic heterocycles. The van der Waals surface area contributed by atoms with Crippen LogP contribution in [0.1, 0.15) is 38.3 Å². The van der Waals surface area contributed by atoms with E-state index in [1.54, 1.807) is 6.20 Å². The maximum atomic E-state index is 5.65. The van der Waals surface area contributed by atoms with Crippen molar-refractivity contribution >= 4 is 0 Å². The van der Waals surface area contributed by atoms with E-state index in [4.69, 9.17) is 4.74 Å². The minimum atomic E-state index is 0.695. The van der Waals surface area contributed by atoms with Crippen molar-refractivity contribution in [2.45, 2.75) is 45.6 Å². The van der Waals surface area contributed by atoms with Gasteiger partial charge in [0.05, 0.1) is 6.20 Å². The number of nitrogens with one attached hydrogen (secondary N) is 1. The van der Waals surface area contributed by atoms with Gasteiger partial charge in [-0.3, -0.25) is 4.98 Å². The third kappa shape index (κ3) is 4.30. The molecule has 1 aromatic heterocycles. The summed E-state index contributed by atoms with van der Waals surface area (Å²) in [6, 6.07) is 4.65. The van der Waals surface area contributed by atoms with E-state index >= 15 is 0 Å². The number of aryl methyl sites for hydroxylation is 1. The predicted octanol–water partition coefficient (Wildman–Crippen LogP) is 2.94. The van der Waals surface area contributed by atoms with Gasteiger partial charge < -0.3 is 10.1 Å². The molecule has 0 radical (unpaired) electrons. The van der Waals surface area contributed by atoms with Crippen LogP contribution in [0.3, 0.4) is 0 Å². The fourth-order valence-corrected chi connectivity index (χ4v) is 2.44. The molecule has 0 unspecified atom stereocenters. The highest BCUT2D eigenvalue weighted by Gasteiger charge is 2.17. The third-order valence-electron chi connectivity index (χ3n) is 3.70. The molecule has 0 saturated heterocycles. The Morgan fingerprint density at radius 1 is 1.28 bits per heavy atom. The van der Waals surface area contributed by atoms with Gasteiger partial charge in [0.1, 0.15) is 12.4 Å². The predicted molar refractivity (Wildman–Crippen MR) is 73.9 cm³/mol. The molecule has 1 fully saturated rings. The van der Waals surface area contributed by atoms with Crippen molar-refractivity contribution in [1.82, 2.24) is 10.3 Å². The first kappa shape index (κ1) is 13.3. The van der Waals surface area contributed by atoms with Crippen molar-refractivity contribution in [3.05, 3.63) is 24.0 Å². The van der Waals surface area contributed by atoms with Gasteiger partial charge >= 0.3 is 0 Å². The van der Waals surface area contributed by atoms with Crippen LogP contribution >= 0.6 is 0 Å². The molecule has 0 spiro atoms. The van der Waals surface area contributed by atoms with Crippen LogP contribution in [0.5, 0.6) is 5.75 Å². The lowest BCUT2D eigenvalue weighted by molar-refractivity contribution is 0.270. The Morgan fingerprint density at radius 3 is 2.72 bits per heavy atom. The summed E-state index contributed by atoms with van der Waals surface area (Å²) in [5, 5.41) is 3.58. The molecule has 1 aliphatic carbocycles. The summed E-state index contributed by atoms with van der Waals surface area (Å²) >= 11 is 0. The fourth-order valence-electron chi connectivity index (χ4n) is 2.44. The number of hydrogen-bond donors (Lipinski definition) is 1. The van der Waals surface area contributed by atoms with Crippen LogP contribution in [-0.4, -0.2) is 24.2 Å². The van der Waals surface area contributed by atoms with E-state index in [0.29, 0.717) is 6.04 Å². The van der Waals surface area contributed by atoms with E-state index in [-0.39, 0.29) is 0 Å². The van der Waals surface area contributed by atoms with E-state index in [9.17, 15) is 0 Å². The number of pyridine rings is 1. The lowest BCUT2D eigenvalue weighted by atomic mass is 9.87. The van der Waals surface area contributed by atoms with Crippen LogP contribution in [0.15, 0.2) is 18.3 Å². The quantitative estimate of drug-likeness (QED) is 0.814. The van der Waals surface area contributed by atoms with E-state index in [1.165, 1.54) is 25.7 Å². The van der Waals surface area contributed by atoms with Crippen LogP contribution in [0.2, 0.25) is 0 Å². The summed E-state index contributed by atoms with van der Waals surface area (Å²) < 4.78 is 5.65. The van der Waals surface area contributed by atoms with Crippen molar-refractivity contribution in [2.24, 2.45) is 5.92 Å². The Kier molecular flexibility index (Phi) is 5.00. The minimum absolute atomic E-state index is 0.695. The van der Waals surface area contributed by atoms with Gasteiger partial charge in [-0.1, -0.05) is 6.92 Å².